The van der Waals surface area contributed by atoms with Crippen LogP contribution < -0.4 is 21.7 Å². The highest BCUT2D eigenvalue weighted by atomic mass is 16.6. The zero-order chi connectivity index (χ0) is 30.0. The zero-order valence-corrected chi connectivity index (χ0v) is 24.5. The number of ether oxygens (including phenoxy) is 1. The number of hydrogen-bond donors (Lipinski definition) is 5. The molecule has 0 spiro atoms. The van der Waals surface area contributed by atoms with Crippen molar-refractivity contribution in [2.24, 2.45) is 23.0 Å². The summed E-state index contributed by atoms with van der Waals surface area (Å²) in [5.41, 5.74) is 6.85. The van der Waals surface area contributed by atoms with Gasteiger partial charge in [-0.2, -0.15) is 0 Å². The van der Waals surface area contributed by atoms with Gasteiger partial charge in [-0.1, -0.05) is 51.1 Å². The SMILES string of the molecule is CC(C)CC(NC(=O)C(C)(C)CNC(=O)[C@@H](C)NC(=O)/C=C/CCC(C)C1OC1c1ccc(CN)cc1)C(=O)O. The van der Waals surface area contributed by atoms with Gasteiger partial charge in [0.1, 0.15) is 18.2 Å². The molecule has 1 aliphatic heterocycles. The van der Waals surface area contributed by atoms with Gasteiger partial charge in [0.25, 0.3) is 0 Å². The minimum absolute atomic E-state index is 0.0129. The normalized spacial score (nSPS) is 19.1. The molecule has 1 fully saturated rings. The largest absolute Gasteiger partial charge is 0.480 e. The highest BCUT2D eigenvalue weighted by Gasteiger charge is 2.43. The van der Waals surface area contributed by atoms with Gasteiger partial charge in [0.15, 0.2) is 0 Å². The third-order valence-electron chi connectivity index (χ3n) is 7.07. The van der Waals surface area contributed by atoms with Gasteiger partial charge in [0.2, 0.25) is 17.7 Å². The lowest BCUT2D eigenvalue weighted by atomic mass is 9.91. The number of hydrogen-bond acceptors (Lipinski definition) is 6. The molecule has 1 saturated heterocycles. The van der Waals surface area contributed by atoms with E-state index in [0.717, 1.165) is 17.5 Å². The van der Waals surface area contributed by atoms with E-state index in [2.05, 4.69) is 35.0 Å². The first-order valence-corrected chi connectivity index (χ1v) is 14.0. The number of allylic oxidation sites excluding steroid dienone is 1. The predicted octanol–water partition coefficient (Wildman–Crippen LogP) is 2.82. The van der Waals surface area contributed by atoms with Crippen LogP contribution in [0.25, 0.3) is 0 Å². The van der Waals surface area contributed by atoms with Gasteiger partial charge in [0, 0.05) is 13.1 Å². The van der Waals surface area contributed by atoms with Crippen molar-refractivity contribution in [1.29, 1.82) is 0 Å². The number of rotatable bonds is 16. The van der Waals surface area contributed by atoms with E-state index in [-0.39, 0.29) is 30.6 Å². The quantitative estimate of drug-likeness (QED) is 0.154. The molecule has 1 aromatic carbocycles. The van der Waals surface area contributed by atoms with Crippen LogP contribution >= 0.6 is 0 Å². The third-order valence-corrected chi connectivity index (χ3v) is 7.07. The molecule has 4 unspecified atom stereocenters. The van der Waals surface area contributed by atoms with Gasteiger partial charge in [-0.15, -0.1) is 0 Å². The molecule has 1 aromatic rings. The van der Waals surface area contributed by atoms with Crippen LogP contribution in [0.5, 0.6) is 0 Å². The van der Waals surface area contributed by atoms with E-state index in [1.54, 1.807) is 26.8 Å². The molecular formula is C30H46N4O6. The Hall–Kier alpha value is -3.24. The topological polar surface area (TPSA) is 163 Å². The Morgan fingerprint density at radius 3 is 2.30 bits per heavy atom. The zero-order valence-electron chi connectivity index (χ0n) is 24.5. The number of carbonyl (C=O) groups excluding carboxylic acids is 3. The van der Waals surface area contributed by atoms with Crippen LogP contribution in [-0.4, -0.2) is 53.5 Å². The van der Waals surface area contributed by atoms with Crippen molar-refractivity contribution in [3.63, 3.8) is 0 Å². The lowest BCUT2D eigenvalue weighted by Crippen LogP contribution is -2.52. The minimum atomic E-state index is -1.10. The summed E-state index contributed by atoms with van der Waals surface area (Å²) in [5.74, 6) is -1.97. The number of carbonyl (C=O) groups is 4. The molecule has 0 bridgehead atoms. The molecule has 5 atom stereocenters. The van der Waals surface area contributed by atoms with Crippen LogP contribution in [0, 0.1) is 17.3 Å². The second-order valence-electron chi connectivity index (χ2n) is 11.7. The average Bonchev–Trinajstić information content (AvgIpc) is 3.70. The van der Waals surface area contributed by atoms with E-state index in [9.17, 15) is 24.3 Å². The molecule has 2 rings (SSSR count). The molecule has 0 aliphatic carbocycles. The lowest BCUT2D eigenvalue weighted by Gasteiger charge is -2.27. The molecule has 40 heavy (non-hydrogen) atoms. The van der Waals surface area contributed by atoms with E-state index in [0.29, 0.717) is 25.3 Å². The summed E-state index contributed by atoms with van der Waals surface area (Å²) in [6.07, 6.45) is 5.33. The van der Waals surface area contributed by atoms with Crippen LogP contribution in [0.1, 0.15) is 78.0 Å². The summed E-state index contributed by atoms with van der Waals surface area (Å²) < 4.78 is 5.87. The first-order chi connectivity index (χ1) is 18.7. The maximum atomic E-state index is 12.7. The summed E-state index contributed by atoms with van der Waals surface area (Å²) in [6.45, 7) is 11.2. The standard InChI is InChI=1S/C30H46N4O6/c1-18(2)15-23(28(37)38)34-29(39)30(5,6)17-32-27(36)20(4)33-24(35)10-8-7-9-19(3)25-26(40-25)22-13-11-21(16-31)12-14-22/h8,10-14,18-20,23,25-26H,7,9,15-17,31H2,1-6H3,(H,32,36)(H,33,35)(H,34,39)(H,37,38)/b10-8+/t19?,20-,23?,25?,26?/m1/s1. The van der Waals surface area contributed by atoms with Crippen LogP contribution in [0.15, 0.2) is 36.4 Å². The van der Waals surface area contributed by atoms with Crippen LogP contribution in [-0.2, 0) is 30.5 Å². The minimum Gasteiger partial charge on any atom is -0.480 e. The Bertz CT molecular complexity index is 1050. The van der Waals surface area contributed by atoms with E-state index in [1.165, 1.54) is 6.08 Å². The first-order valence-electron chi connectivity index (χ1n) is 14.0. The second-order valence-corrected chi connectivity index (χ2v) is 11.7. The second kappa shape index (κ2) is 14.9. The number of aliphatic carboxylic acids is 1. The number of nitrogens with one attached hydrogen (secondary N) is 3. The van der Waals surface area contributed by atoms with Crippen molar-refractivity contribution in [3.8, 4) is 0 Å². The number of carboxylic acids is 1. The van der Waals surface area contributed by atoms with Gasteiger partial charge in [-0.05, 0) is 69.1 Å². The Labute approximate surface area is 237 Å². The van der Waals surface area contributed by atoms with E-state index in [1.807, 2.05) is 26.0 Å². The van der Waals surface area contributed by atoms with Gasteiger partial charge in [-0.3, -0.25) is 14.4 Å². The van der Waals surface area contributed by atoms with Crippen LogP contribution in [0.2, 0.25) is 0 Å². The Balaban J connectivity index is 1.71. The molecule has 0 radical (unpaired) electrons. The molecule has 1 heterocycles. The number of benzene rings is 1. The number of nitrogens with two attached hydrogens (primary N) is 1. The van der Waals surface area contributed by atoms with Crippen LogP contribution in [0.3, 0.4) is 0 Å². The highest BCUT2D eigenvalue weighted by molar-refractivity contribution is 5.93. The summed E-state index contributed by atoms with van der Waals surface area (Å²) >= 11 is 0. The van der Waals surface area contributed by atoms with Gasteiger partial charge in [0.05, 0.1) is 11.5 Å². The highest BCUT2D eigenvalue weighted by Crippen LogP contribution is 2.44. The van der Waals surface area contributed by atoms with Crippen molar-refractivity contribution < 1.29 is 29.0 Å². The maximum Gasteiger partial charge on any atom is 0.326 e. The summed E-state index contributed by atoms with van der Waals surface area (Å²) in [5, 5.41) is 17.2. The molecule has 1 aliphatic rings. The van der Waals surface area contributed by atoms with E-state index >= 15 is 0 Å². The van der Waals surface area contributed by atoms with E-state index in [4.69, 9.17) is 10.5 Å². The summed E-state index contributed by atoms with van der Waals surface area (Å²) in [4.78, 5) is 48.9. The van der Waals surface area contributed by atoms with Crippen molar-refractivity contribution in [2.75, 3.05) is 6.54 Å². The van der Waals surface area contributed by atoms with Gasteiger partial charge in [-0.25, -0.2) is 4.79 Å². The number of amides is 3. The molecule has 10 nitrogen and oxygen atoms in total. The predicted molar refractivity (Wildman–Crippen MR) is 153 cm³/mol. The number of epoxide rings is 1. The molecule has 222 valence electrons. The molecule has 3 amide bonds. The fourth-order valence-electron chi connectivity index (χ4n) is 4.30. The van der Waals surface area contributed by atoms with Crippen molar-refractivity contribution in [2.45, 2.75) is 91.6 Å². The lowest BCUT2D eigenvalue weighted by molar-refractivity contribution is -0.144. The monoisotopic (exact) mass is 558 g/mol. The number of carboxylic acid groups (broad SMARTS) is 1. The molecular weight excluding hydrogens is 512 g/mol. The summed E-state index contributed by atoms with van der Waals surface area (Å²) in [6, 6.07) is 6.34. The smallest absolute Gasteiger partial charge is 0.326 e. The van der Waals surface area contributed by atoms with Crippen LogP contribution in [0.4, 0.5) is 0 Å². The third kappa shape index (κ3) is 10.4. The molecule has 0 saturated carbocycles. The fourth-order valence-corrected chi connectivity index (χ4v) is 4.30. The molecule has 0 aromatic heterocycles. The average molecular weight is 559 g/mol. The van der Waals surface area contributed by atoms with Crippen molar-refractivity contribution in [3.05, 3.63) is 47.5 Å². The summed E-state index contributed by atoms with van der Waals surface area (Å²) in [7, 11) is 0. The van der Waals surface area contributed by atoms with Crippen molar-refractivity contribution >= 4 is 23.7 Å². The Morgan fingerprint density at radius 2 is 1.73 bits per heavy atom. The van der Waals surface area contributed by atoms with Crippen molar-refractivity contribution in [1.82, 2.24) is 16.0 Å². The van der Waals surface area contributed by atoms with Gasteiger partial charge < -0.3 is 31.5 Å². The Morgan fingerprint density at radius 1 is 1.07 bits per heavy atom. The molecule has 10 heteroatoms. The fraction of sp³-hybridized carbons (Fsp3) is 0.600. The first kappa shape index (κ1) is 33.0. The Kier molecular flexibility index (Phi) is 12.3. The maximum absolute atomic E-state index is 12.7. The molecule has 6 N–H and O–H groups in total. The van der Waals surface area contributed by atoms with Gasteiger partial charge >= 0.3 is 5.97 Å². The van der Waals surface area contributed by atoms with E-state index < -0.39 is 35.3 Å².